The van der Waals surface area contributed by atoms with E-state index in [9.17, 15) is 14.7 Å². The van der Waals surface area contributed by atoms with Gasteiger partial charge in [-0.25, -0.2) is 9.59 Å². The van der Waals surface area contributed by atoms with Crippen LogP contribution >= 0.6 is 0 Å². The highest BCUT2D eigenvalue weighted by Crippen LogP contribution is 2.35. The monoisotopic (exact) mass is 378 g/mol. The molecular formula is C20H34N4O3. The summed E-state index contributed by atoms with van der Waals surface area (Å²) in [5.74, 6) is 0. The van der Waals surface area contributed by atoms with Crippen molar-refractivity contribution in [2.45, 2.75) is 88.4 Å². The van der Waals surface area contributed by atoms with Gasteiger partial charge >= 0.3 is 12.1 Å². The van der Waals surface area contributed by atoms with E-state index in [4.69, 9.17) is 0 Å². The van der Waals surface area contributed by atoms with E-state index < -0.39 is 0 Å². The fourth-order valence-corrected chi connectivity index (χ4v) is 5.46. The van der Waals surface area contributed by atoms with E-state index in [1.807, 2.05) is 14.7 Å². The number of hydrogen-bond acceptors (Lipinski definition) is 3. The lowest BCUT2D eigenvalue weighted by Crippen LogP contribution is -2.58. The molecule has 4 heterocycles. The Hall–Kier alpha value is -1.50. The number of nitrogens with one attached hydrogen (secondary N) is 1. The number of aliphatic hydroxyl groups is 1. The van der Waals surface area contributed by atoms with Crippen LogP contribution in [0.1, 0.15) is 64.2 Å². The van der Waals surface area contributed by atoms with E-state index in [1.54, 1.807) is 0 Å². The van der Waals surface area contributed by atoms with Crippen molar-refractivity contribution in [3.63, 3.8) is 0 Å². The molecule has 0 spiro atoms. The van der Waals surface area contributed by atoms with Crippen LogP contribution in [0.5, 0.6) is 0 Å². The zero-order valence-corrected chi connectivity index (χ0v) is 16.3. The maximum atomic E-state index is 12.9. The van der Waals surface area contributed by atoms with Gasteiger partial charge in [-0.2, -0.15) is 0 Å². The molecule has 0 aromatic carbocycles. The van der Waals surface area contributed by atoms with Crippen LogP contribution in [0.3, 0.4) is 0 Å². The third-order valence-electron chi connectivity index (χ3n) is 6.84. The lowest BCUT2D eigenvalue weighted by Gasteiger charge is -2.40. The molecule has 4 aliphatic rings. The molecule has 0 aromatic rings. The molecular weight excluding hydrogens is 344 g/mol. The zero-order chi connectivity index (χ0) is 18.8. The third-order valence-corrected chi connectivity index (χ3v) is 6.84. The van der Waals surface area contributed by atoms with Crippen LogP contribution in [0.2, 0.25) is 0 Å². The highest BCUT2D eigenvalue weighted by molar-refractivity contribution is 5.77. The molecule has 7 heteroatoms. The number of rotatable bonds is 1. The van der Waals surface area contributed by atoms with Crippen LogP contribution in [0.15, 0.2) is 0 Å². The van der Waals surface area contributed by atoms with Crippen molar-refractivity contribution in [3.8, 4) is 0 Å². The molecule has 4 aliphatic heterocycles. The average molecular weight is 379 g/mol. The van der Waals surface area contributed by atoms with Crippen LogP contribution in [0.25, 0.3) is 0 Å². The number of piperidine rings is 2. The van der Waals surface area contributed by atoms with Gasteiger partial charge in [-0.3, -0.25) is 0 Å². The first-order chi connectivity index (χ1) is 13.1. The molecule has 4 amide bonds. The lowest BCUT2D eigenvalue weighted by atomic mass is 10.0. The molecule has 4 saturated heterocycles. The average Bonchev–Trinajstić information content (AvgIpc) is 2.84. The Balaban J connectivity index is 1.32. The topological polar surface area (TPSA) is 76.1 Å². The van der Waals surface area contributed by atoms with Crippen LogP contribution in [0.4, 0.5) is 9.59 Å². The largest absolute Gasteiger partial charge is 0.393 e. The van der Waals surface area contributed by atoms with Crippen molar-refractivity contribution < 1.29 is 14.7 Å². The Morgan fingerprint density at radius 2 is 1.44 bits per heavy atom. The van der Waals surface area contributed by atoms with Gasteiger partial charge in [0.05, 0.1) is 6.10 Å². The van der Waals surface area contributed by atoms with Gasteiger partial charge in [-0.15, -0.1) is 0 Å². The van der Waals surface area contributed by atoms with Gasteiger partial charge in [0.2, 0.25) is 0 Å². The second-order valence-electron chi connectivity index (χ2n) is 8.84. The first kappa shape index (κ1) is 18.8. The van der Waals surface area contributed by atoms with Crippen LogP contribution < -0.4 is 5.32 Å². The Kier molecular flexibility index (Phi) is 5.76. The van der Waals surface area contributed by atoms with Crippen molar-refractivity contribution in [1.82, 2.24) is 20.0 Å². The van der Waals surface area contributed by atoms with Gasteiger partial charge < -0.3 is 25.1 Å². The molecule has 2 bridgehead atoms. The molecule has 0 aliphatic carbocycles. The standard InChI is InChI=1S/C20H34N4O3/c25-18-12-16-7-8-17(13-18)24(16)19(26)21-15-6-5-11-23(14-15)20(27)22-9-3-1-2-4-10-22/h15-18,25H,1-14H2,(H,21,26)/t15-,16-,17+,18?/m0/s1. The van der Waals surface area contributed by atoms with E-state index in [-0.39, 0.29) is 36.3 Å². The number of carbonyl (C=O) groups excluding carboxylic acids is 2. The molecule has 1 unspecified atom stereocenters. The number of amides is 4. The first-order valence-corrected chi connectivity index (χ1v) is 10.9. The zero-order valence-electron chi connectivity index (χ0n) is 16.3. The van der Waals surface area contributed by atoms with E-state index >= 15 is 0 Å². The van der Waals surface area contributed by atoms with Crippen LogP contribution in [0, 0.1) is 0 Å². The maximum absolute atomic E-state index is 12.9. The molecule has 0 aromatic heterocycles. The Morgan fingerprint density at radius 3 is 2.11 bits per heavy atom. The van der Waals surface area contributed by atoms with Crippen molar-refractivity contribution in [1.29, 1.82) is 0 Å². The summed E-state index contributed by atoms with van der Waals surface area (Å²) < 4.78 is 0. The molecule has 4 rings (SSSR count). The summed E-state index contributed by atoms with van der Waals surface area (Å²) >= 11 is 0. The number of urea groups is 2. The number of fused-ring (bicyclic) bond motifs is 2. The minimum absolute atomic E-state index is 0.00321. The van der Waals surface area contributed by atoms with E-state index in [0.29, 0.717) is 19.4 Å². The molecule has 0 saturated carbocycles. The minimum Gasteiger partial charge on any atom is -0.393 e. The van der Waals surface area contributed by atoms with Gasteiger partial charge in [0.1, 0.15) is 0 Å². The highest BCUT2D eigenvalue weighted by atomic mass is 16.3. The van der Waals surface area contributed by atoms with Crippen molar-refractivity contribution in [3.05, 3.63) is 0 Å². The molecule has 4 atom stereocenters. The van der Waals surface area contributed by atoms with Crippen LogP contribution in [-0.4, -0.2) is 82.3 Å². The molecule has 4 fully saturated rings. The SMILES string of the molecule is O=C(N1CCCCCC1)N1CCC[C@H](NC(=O)N2[C@@H]3CC[C@H]2CC(O)C3)C1. The van der Waals surface area contributed by atoms with Crippen LogP contribution in [-0.2, 0) is 0 Å². The van der Waals surface area contributed by atoms with E-state index in [0.717, 1.165) is 58.2 Å². The van der Waals surface area contributed by atoms with E-state index in [1.165, 1.54) is 12.8 Å². The number of likely N-dealkylation sites (tertiary alicyclic amines) is 2. The summed E-state index contributed by atoms with van der Waals surface area (Å²) in [7, 11) is 0. The number of hydrogen-bond donors (Lipinski definition) is 2. The quantitative estimate of drug-likeness (QED) is 0.734. The predicted molar refractivity (Wildman–Crippen MR) is 102 cm³/mol. The maximum Gasteiger partial charge on any atom is 0.320 e. The number of nitrogens with zero attached hydrogens (tertiary/aromatic N) is 3. The smallest absolute Gasteiger partial charge is 0.320 e. The summed E-state index contributed by atoms with van der Waals surface area (Å²) in [5, 5.41) is 13.1. The predicted octanol–water partition coefficient (Wildman–Crippen LogP) is 2.14. The van der Waals surface area contributed by atoms with Gasteiger partial charge in [0.25, 0.3) is 0 Å². The first-order valence-electron chi connectivity index (χ1n) is 10.9. The van der Waals surface area contributed by atoms with Crippen molar-refractivity contribution in [2.24, 2.45) is 0 Å². The highest BCUT2D eigenvalue weighted by Gasteiger charge is 2.43. The summed E-state index contributed by atoms with van der Waals surface area (Å²) in [6.45, 7) is 3.15. The number of carbonyl (C=O) groups is 2. The Morgan fingerprint density at radius 1 is 0.815 bits per heavy atom. The second kappa shape index (κ2) is 8.25. The van der Waals surface area contributed by atoms with Gasteiger partial charge in [-0.05, 0) is 51.4 Å². The molecule has 152 valence electrons. The Labute approximate surface area is 162 Å². The van der Waals surface area contributed by atoms with Crippen molar-refractivity contribution >= 4 is 12.1 Å². The lowest BCUT2D eigenvalue weighted by molar-refractivity contribution is 0.0522. The fourth-order valence-electron chi connectivity index (χ4n) is 5.46. The summed E-state index contributed by atoms with van der Waals surface area (Å²) in [5.41, 5.74) is 0. The Bertz CT molecular complexity index is 535. The summed E-state index contributed by atoms with van der Waals surface area (Å²) in [6.07, 6.45) is 9.65. The molecule has 7 nitrogen and oxygen atoms in total. The summed E-state index contributed by atoms with van der Waals surface area (Å²) in [6, 6.07) is 0.545. The fraction of sp³-hybridized carbons (Fsp3) is 0.900. The molecule has 2 N–H and O–H groups in total. The second-order valence-corrected chi connectivity index (χ2v) is 8.84. The van der Waals surface area contributed by atoms with E-state index in [2.05, 4.69) is 5.32 Å². The van der Waals surface area contributed by atoms with Crippen molar-refractivity contribution in [2.75, 3.05) is 26.2 Å². The molecule has 0 radical (unpaired) electrons. The van der Waals surface area contributed by atoms with Gasteiger partial charge in [-0.1, -0.05) is 12.8 Å². The van der Waals surface area contributed by atoms with Gasteiger partial charge in [0, 0.05) is 44.3 Å². The number of aliphatic hydroxyl groups excluding tert-OH is 1. The summed E-state index contributed by atoms with van der Waals surface area (Å²) in [4.78, 5) is 31.7. The molecule has 27 heavy (non-hydrogen) atoms. The third kappa shape index (κ3) is 4.18. The minimum atomic E-state index is -0.261. The normalized spacial score (nSPS) is 34.3. The van der Waals surface area contributed by atoms with Gasteiger partial charge in [0.15, 0.2) is 0 Å².